The van der Waals surface area contributed by atoms with Crippen molar-refractivity contribution >= 4 is 49.1 Å². The monoisotopic (exact) mass is 490 g/mol. The van der Waals surface area contributed by atoms with E-state index in [0.717, 1.165) is 25.6 Å². The maximum atomic E-state index is 12.6. The van der Waals surface area contributed by atoms with Gasteiger partial charge in [-0.05, 0) is 52.2 Å². The van der Waals surface area contributed by atoms with Crippen LogP contribution in [0.1, 0.15) is 0 Å². The zero-order valence-corrected chi connectivity index (χ0v) is 17.3. The first-order valence-corrected chi connectivity index (χ1v) is 10.6. The Labute approximate surface area is 170 Å². The number of benzene rings is 2. The molecule has 2 heterocycles. The number of hydrogen-bond donors (Lipinski definition) is 1. The fourth-order valence-electron chi connectivity index (χ4n) is 2.92. The molecule has 0 saturated heterocycles. The molecule has 4 rings (SSSR count). The molecule has 0 atom stereocenters. The highest BCUT2D eigenvalue weighted by Gasteiger charge is 2.19. The van der Waals surface area contributed by atoms with E-state index in [-0.39, 0.29) is 5.03 Å². The molecule has 4 aromatic rings. The lowest BCUT2D eigenvalue weighted by atomic mass is 10.0. The van der Waals surface area contributed by atoms with Crippen LogP contribution in [0.2, 0.25) is 0 Å². The number of nitrogens with zero attached hydrogens (tertiary/aromatic N) is 3. The smallest absolute Gasteiger partial charge is 0.279 e. The molecule has 1 N–H and O–H groups in total. The molecule has 0 aliphatic carbocycles. The van der Waals surface area contributed by atoms with Gasteiger partial charge in [0.2, 0.25) is 0 Å². The van der Waals surface area contributed by atoms with E-state index in [9.17, 15) is 8.42 Å². The van der Waals surface area contributed by atoms with Gasteiger partial charge < -0.3 is 4.57 Å². The van der Waals surface area contributed by atoms with Crippen LogP contribution >= 0.6 is 22.6 Å². The van der Waals surface area contributed by atoms with E-state index in [1.165, 1.54) is 17.1 Å². The van der Waals surface area contributed by atoms with Gasteiger partial charge in [0.15, 0.2) is 5.03 Å². The van der Waals surface area contributed by atoms with Crippen LogP contribution in [0.4, 0.5) is 5.69 Å². The summed E-state index contributed by atoms with van der Waals surface area (Å²) in [6, 6.07) is 15.4. The molecule has 2 aromatic carbocycles. The average Bonchev–Trinajstić information content (AvgIpc) is 3.10. The van der Waals surface area contributed by atoms with Gasteiger partial charge >= 0.3 is 0 Å². The van der Waals surface area contributed by atoms with Crippen molar-refractivity contribution in [2.75, 3.05) is 4.72 Å². The van der Waals surface area contributed by atoms with Crippen molar-refractivity contribution in [2.24, 2.45) is 7.05 Å². The Bertz CT molecular complexity index is 1250. The summed E-state index contributed by atoms with van der Waals surface area (Å²) < 4.78 is 30.4. The molecule has 2 aromatic heterocycles. The Morgan fingerprint density at radius 1 is 1.11 bits per heavy atom. The first kappa shape index (κ1) is 17.9. The largest absolute Gasteiger partial charge is 0.323 e. The molecule has 0 aliphatic rings. The predicted octanol–water partition coefficient (Wildman–Crippen LogP) is 4.04. The number of hydrogen-bond acceptors (Lipinski definition) is 4. The first-order chi connectivity index (χ1) is 13.0. The van der Waals surface area contributed by atoms with Crippen LogP contribution < -0.4 is 4.72 Å². The quantitative estimate of drug-likeness (QED) is 0.439. The van der Waals surface area contributed by atoms with Gasteiger partial charge in [0.1, 0.15) is 0 Å². The second-order valence-electron chi connectivity index (χ2n) is 6.02. The van der Waals surface area contributed by atoms with Gasteiger partial charge in [-0.1, -0.05) is 24.3 Å². The summed E-state index contributed by atoms with van der Waals surface area (Å²) in [6.45, 7) is 0. The van der Waals surface area contributed by atoms with Gasteiger partial charge in [0.05, 0.1) is 18.2 Å². The van der Waals surface area contributed by atoms with Crippen molar-refractivity contribution in [3.05, 3.63) is 70.8 Å². The van der Waals surface area contributed by atoms with Crippen molar-refractivity contribution in [3.8, 4) is 11.3 Å². The molecular formula is C19H15IN4O2S. The average molecular weight is 490 g/mol. The molecule has 136 valence electrons. The van der Waals surface area contributed by atoms with Crippen molar-refractivity contribution in [3.63, 3.8) is 0 Å². The summed E-state index contributed by atoms with van der Waals surface area (Å²) in [5, 5.41) is 2.20. The number of pyridine rings is 1. The third kappa shape index (κ3) is 3.42. The van der Waals surface area contributed by atoms with Crippen LogP contribution in [-0.4, -0.2) is 23.0 Å². The van der Waals surface area contributed by atoms with Gasteiger partial charge in [0, 0.05) is 33.5 Å². The summed E-state index contributed by atoms with van der Waals surface area (Å²) in [6.07, 6.45) is 4.54. The molecule has 0 amide bonds. The zero-order chi connectivity index (χ0) is 19.0. The second-order valence-corrected chi connectivity index (χ2v) is 8.82. The number of aromatic nitrogens is 3. The molecule has 0 saturated carbocycles. The van der Waals surface area contributed by atoms with Crippen molar-refractivity contribution in [1.29, 1.82) is 0 Å². The molecule has 6 nitrogen and oxygen atoms in total. The van der Waals surface area contributed by atoms with Gasteiger partial charge in [-0.15, -0.1) is 0 Å². The fourth-order valence-corrected chi connectivity index (χ4v) is 4.67. The number of anilines is 1. The summed E-state index contributed by atoms with van der Waals surface area (Å²) in [5.74, 6) is 0. The van der Waals surface area contributed by atoms with E-state index in [1.807, 2.05) is 42.5 Å². The predicted molar refractivity (Wildman–Crippen MR) is 114 cm³/mol. The van der Waals surface area contributed by atoms with E-state index in [4.69, 9.17) is 0 Å². The van der Waals surface area contributed by atoms with Crippen LogP contribution in [0, 0.1) is 3.57 Å². The van der Waals surface area contributed by atoms with E-state index >= 15 is 0 Å². The standard InChI is InChI=1S/C19H15IN4O2S/c1-24-12-21-11-18(24)27(25,26)23-14-6-7-17(20)16(10-14)19-15-5-3-2-4-13(15)8-9-22-19/h2-12,23H,1H3. The van der Waals surface area contributed by atoms with Crippen molar-refractivity contribution in [1.82, 2.24) is 14.5 Å². The molecule has 27 heavy (non-hydrogen) atoms. The molecule has 0 unspecified atom stereocenters. The number of rotatable bonds is 4. The van der Waals surface area contributed by atoms with E-state index in [0.29, 0.717) is 5.69 Å². The highest BCUT2D eigenvalue weighted by Crippen LogP contribution is 2.32. The third-order valence-corrected chi connectivity index (χ3v) is 6.58. The zero-order valence-electron chi connectivity index (χ0n) is 14.3. The van der Waals surface area contributed by atoms with Crippen LogP contribution in [0.3, 0.4) is 0 Å². The Kier molecular flexibility index (Phi) is 4.60. The molecular weight excluding hydrogens is 475 g/mol. The Morgan fingerprint density at radius 3 is 2.70 bits per heavy atom. The Balaban J connectivity index is 1.80. The summed E-state index contributed by atoms with van der Waals surface area (Å²) >= 11 is 2.24. The molecule has 8 heteroatoms. The molecule has 0 fully saturated rings. The number of imidazole rings is 1. The van der Waals surface area contributed by atoms with Gasteiger partial charge in [-0.3, -0.25) is 9.71 Å². The lowest BCUT2D eigenvalue weighted by Crippen LogP contribution is -2.16. The van der Waals surface area contributed by atoms with Crippen LogP contribution in [0.15, 0.2) is 72.3 Å². The van der Waals surface area contributed by atoms with Crippen LogP contribution in [0.5, 0.6) is 0 Å². The summed E-state index contributed by atoms with van der Waals surface area (Å²) in [4.78, 5) is 8.42. The highest BCUT2D eigenvalue weighted by molar-refractivity contribution is 14.1. The highest BCUT2D eigenvalue weighted by atomic mass is 127. The Hall–Kier alpha value is -2.46. The minimum absolute atomic E-state index is 0.103. The van der Waals surface area contributed by atoms with Gasteiger partial charge in [-0.2, -0.15) is 8.42 Å². The minimum atomic E-state index is -3.73. The van der Waals surface area contributed by atoms with E-state index in [1.54, 1.807) is 19.3 Å². The Morgan fingerprint density at radius 2 is 1.93 bits per heavy atom. The topological polar surface area (TPSA) is 76.9 Å². The lowest BCUT2D eigenvalue weighted by Gasteiger charge is -2.12. The number of nitrogens with one attached hydrogen (secondary N) is 1. The van der Waals surface area contributed by atoms with Gasteiger partial charge in [-0.25, -0.2) is 4.98 Å². The maximum Gasteiger partial charge on any atom is 0.279 e. The molecule has 0 radical (unpaired) electrons. The SMILES string of the molecule is Cn1cncc1S(=O)(=O)Nc1ccc(I)c(-c2nccc3ccccc23)c1. The first-order valence-electron chi connectivity index (χ1n) is 8.08. The van der Waals surface area contributed by atoms with Gasteiger partial charge in [0.25, 0.3) is 10.0 Å². The van der Waals surface area contributed by atoms with Crippen molar-refractivity contribution < 1.29 is 8.42 Å². The number of fused-ring (bicyclic) bond motifs is 1. The third-order valence-electron chi connectivity index (χ3n) is 4.20. The number of aryl methyl sites for hydroxylation is 1. The normalized spacial score (nSPS) is 11.6. The maximum absolute atomic E-state index is 12.6. The lowest BCUT2D eigenvalue weighted by molar-refractivity contribution is 0.591. The summed E-state index contributed by atoms with van der Waals surface area (Å²) in [5.41, 5.74) is 2.16. The van der Waals surface area contributed by atoms with Crippen LogP contribution in [-0.2, 0) is 17.1 Å². The molecule has 0 aliphatic heterocycles. The second kappa shape index (κ2) is 6.93. The number of sulfonamides is 1. The fraction of sp³-hybridized carbons (Fsp3) is 0.0526. The summed E-state index contributed by atoms with van der Waals surface area (Å²) in [7, 11) is -2.09. The van der Waals surface area contributed by atoms with E-state index < -0.39 is 10.0 Å². The van der Waals surface area contributed by atoms with Crippen molar-refractivity contribution in [2.45, 2.75) is 5.03 Å². The van der Waals surface area contributed by atoms with Crippen LogP contribution in [0.25, 0.3) is 22.0 Å². The molecule has 0 spiro atoms. The number of halogens is 1. The van der Waals surface area contributed by atoms with E-state index in [2.05, 4.69) is 37.3 Å². The minimum Gasteiger partial charge on any atom is -0.323 e. The molecule has 0 bridgehead atoms.